The molecule has 6 rings (SSSR count). The number of hydrogen-bond acceptors (Lipinski definition) is 5. The second-order valence-electron chi connectivity index (χ2n) is 8.14. The minimum Gasteiger partial charge on any atom is -0.353 e. The van der Waals surface area contributed by atoms with E-state index in [2.05, 4.69) is 61.3 Å². The number of nitrogens with zero attached hydrogens (tertiary/aromatic N) is 5. The van der Waals surface area contributed by atoms with Gasteiger partial charge in [-0.3, -0.25) is 10.1 Å². The topological polar surface area (TPSA) is 76.7 Å². The Morgan fingerprint density at radius 1 is 0.806 bits per heavy atom. The first-order valence-corrected chi connectivity index (χ1v) is 10.6. The fraction of sp³-hybridized carbons (Fsp3) is 0.208. The number of nitrogens with one attached hydrogen (secondary N) is 2. The zero-order valence-corrected chi connectivity index (χ0v) is 17.3. The van der Waals surface area contributed by atoms with Gasteiger partial charge in [0.25, 0.3) is 0 Å². The average molecular weight is 409 g/mol. The first-order chi connectivity index (χ1) is 15.3. The van der Waals surface area contributed by atoms with Gasteiger partial charge in [-0.05, 0) is 54.6 Å². The Morgan fingerprint density at radius 2 is 1.65 bits per heavy atom. The summed E-state index contributed by atoms with van der Waals surface area (Å²) in [6.45, 7) is 4.09. The predicted molar refractivity (Wildman–Crippen MR) is 124 cm³/mol. The van der Waals surface area contributed by atoms with E-state index in [9.17, 15) is 0 Å². The van der Waals surface area contributed by atoms with E-state index in [1.165, 1.54) is 0 Å². The van der Waals surface area contributed by atoms with Crippen LogP contribution in [0.5, 0.6) is 0 Å². The second kappa shape index (κ2) is 7.21. The van der Waals surface area contributed by atoms with Crippen LogP contribution < -0.4 is 4.90 Å². The molecule has 0 aliphatic carbocycles. The third-order valence-electron chi connectivity index (χ3n) is 6.16. The standard InChI is InChI=1S/C24H23N7/c1-30-10-12-31(13-11-30)24-19-15-22(27-20(19)6-9-26-24)23-18-14-17(2-3-21(18)28-29-23)16-4-7-25-8-5-16/h2-9,14-15,27H,10-13H2,1H3,(H,28,29). The van der Waals surface area contributed by atoms with Crippen molar-refractivity contribution >= 4 is 27.6 Å². The SMILES string of the molecule is CN1CCN(c2nccc3[nH]c(-c4n[nH]c5ccc(-c6ccncc6)cc45)cc23)CC1. The molecule has 0 radical (unpaired) electrons. The molecule has 1 aliphatic rings. The summed E-state index contributed by atoms with van der Waals surface area (Å²) < 4.78 is 0. The number of H-pyrrole nitrogens is 2. The Hall–Kier alpha value is -3.71. The maximum atomic E-state index is 4.72. The number of rotatable bonds is 3. The number of piperazine rings is 1. The van der Waals surface area contributed by atoms with Crippen LogP contribution in [0.4, 0.5) is 5.82 Å². The number of aromatic amines is 2. The molecular formula is C24H23N7. The lowest BCUT2D eigenvalue weighted by molar-refractivity contribution is 0.312. The molecule has 154 valence electrons. The predicted octanol–water partition coefficient (Wildman–Crippen LogP) is 3.92. The highest BCUT2D eigenvalue weighted by atomic mass is 15.3. The zero-order chi connectivity index (χ0) is 20.8. The van der Waals surface area contributed by atoms with Crippen LogP contribution >= 0.6 is 0 Å². The summed E-state index contributed by atoms with van der Waals surface area (Å²) in [6.07, 6.45) is 5.53. The molecule has 0 spiro atoms. The molecule has 5 aromatic rings. The third-order valence-corrected chi connectivity index (χ3v) is 6.16. The van der Waals surface area contributed by atoms with E-state index in [1.54, 1.807) is 0 Å². The largest absolute Gasteiger partial charge is 0.353 e. The highest BCUT2D eigenvalue weighted by Gasteiger charge is 2.19. The van der Waals surface area contributed by atoms with Gasteiger partial charge >= 0.3 is 0 Å². The van der Waals surface area contributed by atoms with Crippen LogP contribution in [0.2, 0.25) is 0 Å². The quantitative estimate of drug-likeness (QED) is 0.472. The number of hydrogen-bond donors (Lipinski definition) is 2. The molecule has 7 nitrogen and oxygen atoms in total. The molecule has 1 aliphatic heterocycles. The molecule has 4 aromatic heterocycles. The van der Waals surface area contributed by atoms with Crippen LogP contribution in [0.1, 0.15) is 0 Å². The molecule has 1 fully saturated rings. The average Bonchev–Trinajstić information content (AvgIpc) is 3.43. The summed E-state index contributed by atoms with van der Waals surface area (Å²) in [4.78, 5) is 17.2. The summed E-state index contributed by atoms with van der Waals surface area (Å²) in [5.74, 6) is 1.05. The van der Waals surface area contributed by atoms with Gasteiger partial charge in [-0.2, -0.15) is 5.10 Å². The first kappa shape index (κ1) is 18.1. The summed E-state index contributed by atoms with van der Waals surface area (Å²) >= 11 is 0. The van der Waals surface area contributed by atoms with Gasteiger partial charge in [-0.25, -0.2) is 4.98 Å². The van der Waals surface area contributed by atoms with Gasteiger partial charge in [0.05, 0.1) is 16.7 Å². The fourth-order valence-electron chi connectivity index (χ4n) is 4.38. The molecule has 0 bridgehead atoms. The summed E-state index contributed by atoms with van der Waals surface area (Å²) in [5, 5.41) is 10.1. The van der Waals surface area contributed by atoms with Gasteiger partial charge in [0, 0.05) is 55.5 Å². The maximum absolute atomic E-state index is 4.72. The van der Waals surface area contributed by atoms with Crippen LogP contribution in [-0.4, -0.2) is 63.3 Å². The zero-order valence-electron chi connectivity index (χ0n) is 17.3. The molecule has 0 amide bonds. The second-order valence-corrected chi connectivity index (χ2v) is 8.14. The summed E-state index contributed by atoms with van der Waals surface area (Å²) in [6, 6.07) is 14.7. The van der Waals surface area contributed by atoms with E-state index in [4.69, 9.17) is 4.98 Å². The van der Waals surface area contributed by atoms with Crippen molar-refractivity contribution in [2.75, 3.05) is 38.1 Å². The van der Waals surface area contributed by atoms with Crippen LogP contribution in [0.3, 0.4) is 0 Å². The third kappa shape index (κ3) is 3.14. The smallest absolute Gasteiger partial charge is 0.138 e. The van der Waals surface area contributed by atoms with E-state index < -0.39 is 0 Å². The molecule has 1 aromatic carbocycles. The number of likely N-dealkylation sites (N-methyl/N-ethyl adjacent to an activating group) is 1. The van der Waals surface area contributed by atoms with E-state index in [0.717, 1.165) is 76.3 Å². The monoisotopic (exact) mass is 409 g/mol. The van der Waals surface area contributed by atoms with E-state index >= 15 is 0 Å². The van der Waals surface area contributed by atoms with Crippen molar-refractivity contribution in [1.29, 1.82) is 0 Å². The molecule has 0 unspecified atom stereocenters. The Balaban J connectivity index is 1.44. The minimum atomic E-state index is 0.923. The molecule has 31 heavy (non-hydrogen) atoms. The van der Waals surface area contributed by atoms with E-state index in [0.29, 0.717) is 0 Å². The van der Waals surface area contributed by atoms with Gasteiger partial charge in [0.15, 0.2) is 0 Å². The van der Waals surface area contributed by atoms with Crippen LogP contribution in [-0.2, 0) is 0 Å². The van der Waals surface area contributed by atoms with Crippen molar-refractivity contribution in [3.63, 3.8) is 0 Å². The van der Waals surface area contributed by atoms with Gasteiger partial charge in [0.2, 0.25) is 0 Å². The van der Waals surface area contributed by atoms with Crippen molar-refractivity contribution in [3.05, 3.63) is 61.1 Å². The molecule has 5 heterocycles. The van der Waals surface area contributed by atoms with Crippen molar-refractivity contribution in [2.24, 2.45) is 0 Å². The van der Waals surface area contributed by atoms with Crippen LogP contribution in [0.15, 0.2) is 61.1 Å². The van der Waals surface area contributed by atoms with Gasteiger partial charge < -0.3 is 14.8 Å². The van der Waals surface area contributed by atoms with E-state index in [1.807, 2.05) is 36.8 Å². The lowest BCUT2D eigenvalue weighted by atomic mass is 10.0. The fourth-order valence-corrected chi connectivity index (χ4v) is 4.38. The van der Waals surface area contributed by atoms with Crippen LogP contribution in [0, 0.1) is 0 Å². The Bertz CT molecular complexity index is 1360. The van der Waals surface area contributed by atoms with Crippen molar-refractivity contribution in [2.45, 2.75) is 0 Å². The summed E-state index contributed by atoms with van der Waals surface area (Å²) in [7, 11) is 2.17. The van der Waals surface area contributed by atoms with Gasteiger partial charge in [-0.15, -0.1) is 0 Å². The molecule has 2 N–H and O–H groups in total. The lowest BCUT2D eigenvalue weighted by Crippen LogP contribution is -2.44. The van der Waals surface area contributed by atoms with Crippen molar-refractivity contribution in [1.82, 2.24) is 30.0 Å². The number of aromatic nitrogens is 5. The molecule has 0 atom stereocenters. The summed E-state index contributed by atoms with van der Waals surface area (Å²) in [5.41, 5.74) is 6.31. The van der Waals surface area contributed by atoms with Crippen LogP contribution in [0.25, 0.3) is 44.3 Å². The highest BCUT2D eigenvalue weighted by Crippen LogP contribution is 2.34. The normalized spacial score (nSPS) is 15.2. The number of benzene rings is 1. The maximum Gasteiger partial charge on any atom is 0.138 e. The minimum absolute atomic E-state index is 0.923. The molecule has 1 saturated heterocycles. The Kier molecular flexibility index (Phi) is 4.21. The first-order valence-electron chi connectivity index (χ1n) is 10.6. The highest BCUT2D eigenvalue weighted by molar-refractivity contribution is 6.00. The number of fused-ring (bicyclic) bond motifs is 2. The lowest BCUT2D eigenvalue weighted by Gasteiger charge is -2.33. The Morgan fingerprint density at radius 3 is 2.48 bits per heavy atom. The van der Waals surface area contributed by atoms with Gasteiger partial charge in [-0.1, -0.05) is 6.07 Å². The van der Waals surface area contributed by atoms with Crippen molar-refractivity contribution < 1.29 is 0 Å². The number of pyridine rings is 2. The van der Waals surface area contributed by atoms with Gasteiger partial charge in [0.1, 0.15) is 11.5 Å². The van der Waals surface area contributed by atoms with E-state index in [-0.39, 0.29) is 0 Å². The molecule has 7 heteroatoms. The molecule has 0 saturated carbocycles. The molecular weight excluding hydrogens is 386 g/mol. The number of anilines is 1. The Labute approximate surface area is 179 Å². The van der Waals surface area contributed by atoms with Crippen molar-refractivity contribution in [3.8, 4) is 22.5 Å².